The van der Waals surface area contributed by atoms with E-state index in [1.165, 1.54) is 51.7 Å². The lowest BCUT2D eigenvalue weighted by Crippen LogP contribution is -2.30. The van der Waals surface area contributed by atoms with Crippen molar-refractivity contribution in [3.8, 4) is 17.2 Å². The Kier molecular flexibility index (Phi) is 9.42. The summed E-state index contributed by atoms with van der Waals surface area (Å²) in [5, 5.41) is 14.2. The number of carbonyl (C=O) groups is 2. The van der Waals surface area contributed by atoms with Gasteiger partial charge < -0.3 is 24.3 Å². The van der Waals surface area contributed by atoms with Gasteiger partial charge in [-0.15, -0.1) is 0 Å². The Bertz CT molecular complexity index is 1060. The predicted molar refractivity (Wildman–Crippen MR) is 125 cm³/mol. The van der Waals surface area contributed by atoms with E-state index in [1.807, 2.05) is 0 Å². The fourth-order valence-corrected chi connectivity index (χ4v) is 3.23. The number of benzene rings is 2. The van der Waals surface area contributed by atoms with Crippen LogP contribution in [0.15, 0.2) is 42.5 Å². The quantitative estimate of drug-likeness (QED) is 0.226. The van der Waals surface area contributed by atoms with Crippen LogP contribution in [0, 0.1) is 10.1 Å². The predicted octanol–water partition coefficient (Wildman–Crippen LogP) is 3.83. The molecule has 1 amide bonds. The van der Waals surface area contributed by atoms with E-state index in [4.69, 9.17) is 18.9 Å². The van der Waals surface area contributed by atoms with E-state index in [0.29, 0.717) is 22.8 Å². The monoisotopic (exact) mass is 472 g/mol. The number of nitrogens with one attached hydrogen (secondary N) is 1. The molecule has 0 aliphatic rings. The molecule has 0 bridgehead atoms. The zero-order valence-corrected chi connectivity index (χ0v) is 19.7. The Morgan fingerprint density at radius 3 is 2.24 bits per heavy atom. The van der Waals surface area contributed by atoms with Crippen LogP contribution in [-0.4, -0.2) is 44.2 Å². The molecular weight excluding hydrogens is 444 g/mol. The van der Waals surface area contributed by atoms with Gasteiger partial charge in [0.25, 0.3) is 5.69 Å². The van der Waals surface area contributed by atoms with E-state index in [1.54, 1.807) is 32.0 Å². The van der Waals surface area contributed by atoms with Crippen LogP contribution < -0.4 is 19.5 Å². The molecular formula is C24H28N2O8. The first-order valence-electron chi connectivity index (χ1n) is 10.4. The van der Waals surface area contributed by atoms with Crippen molar-refractivity contribution in [2.45, 2.75) is 32.4 Å². The fraction of sp³-hybridized carbons (Fsp3) is 0.333. The summed E-state index contributed by atoms with van der Waals surface area (Å²) in [4.78, 5) is 36.0. The van der Waals surface area contributed by atoms with Gasteiger partial charge in [0.1, 0.15) is 5.75 Å². The number of hydrogen-bond acceptors (Lipinski definition) is 8. The standard InChI is InChI=1S/C24H28N2O8/c1-15(2)34-24(28)13-18(17-8-6-7-9-19(17)26(29)30)25-23(27)11-10-16-12-21(32-4)22(33-5)14-20(16)31-3/h6-12,14-15,18H,13H2,1-5H3,(H,25,27)/b11-10+. The van der Waals surface area contributed by atoms with Gasteiger partial charge in [-0.25, -0.2) is 0 Å². The number of methoxy groups -OCH3 is 3. The van der Waals surface area contributed by atoms with Gasteiger partial charge in [-0.2, -0.15) is 0 Å². The maximum Gasteiger partial charge on any atom is 0.308 e. The Labute approximate surface area is 197 Å². The van der Waals surface area contributed by atoms with E-state index >= 15 is 0 Å². The van der Waals surface area contributed by atoms with Crippen molar-refractivity contribution in [1.82, 2.24) is 5.32 Å². The van der Waals surface area contributed by atoms with Gasteiger partial charge in [-0.3, -0.25) is 19.7 Å². The minimum Gasteiger partial charge on any atom is -0.496 e. The van der Waals surface area contributed by atoms with Gasteiger partial charge in [0.15, 0.2) is 11.5 Å². The molecule has 1 unspecified atom stereocenters. The fourth-order valence-electron chi connectivity index (χ4n) is 3.23. The van der Waals surface area contributed by atoms with E-state index in [0.717, 1.165) is 0 Å². The third-order valence-electron chi connectivity index (χ3n) is 4.71. The van der Waals surface area contributed by atoms with Crippen molar-refractivity contribution in [2.24, 2.45) is 0 Å². The van der Waals surface area contributed by atoms with Gasteiger partial charge in [-0.05, 0) is 26.0 Å². The van der Waals surface area contributed by atoms with Crippen molar-refractivity contribution in [1.29, 1.82) is 0 Å². The van der Waals surface area contributed by atoms with Crippen LogP contribution in [0.4, 0.5) is 5.69 Å². The summed E-state index contributed by atoms with van der Waals surface area (Å²) < 4.78 is 21.1. The van der Waals surface area contributed by atoms with Gasteiger partial charge in [0.2, 0.25) is 5.91 Å². The largest absolute Gasteiger partial charge is 0.496 e. The SMILES string of the molecule is COc1cc(OC)c(OC)cc1/C=C/C(=O)NC(CC(=O)OC(C)C)c1ccccc1[N+](=O)[O-]. The molecule has 34 heavy (non-hydrogen) atoms. The number of nitrogens with zero attached hydrogens (tertiary/aromatic N) is 1. The molecule has 182 valence electrons. The van der Waals surface area contributed by atoms with Crippen LogP contribution in [0.3, 0.4) is 0 Å². The molecule has 0 radical (unpaired) electrons. The number of nitro benzene ring substituents is 1. The third-order valence-corrected chi connectivity index (χ3v) is 4.71. The smallest absolute Gasteiger partial charge is 0.308 e. The Balaban J connectivity index is 2.33. The topological polar surface area (TPSA) is 126 Å². The van der Waals surface area contributed by atoms with Gasteiger partial charge >= 0.3 is 5.97 Å². The van der Waals surface area contributed by atoms with Crippen molar-refractivity contribution >= 4 is 23.6 Å². The molecule has 2 rings (SSSR count). The molecule has 10 nitrogen and oxygen atoms in total. The first kappa shape index (κ1) is 26.2. The van der Waals surface area contributed by atoms with Crippen molar-refractivity contribution in [2.75, 3.05) is 21.3 Å². The molecule has 1 N–H and O–H groups in total. The number of hydrogen-bond donors (Lipinski definition) is 1. The maximum atomic E-state index is 12.7. The molecule has 2 aromatic carbocycles. The summed E-state index contributed by atoms with van der Waals surface area (Å²) in [5.41, 5.74) is 0.520. The number of esters is 1. The lowest BCUT2D eigenvalue weighted by molar-refractivity contribution is -0.385. The summed E-state index contributed by atoms with van der Waals surface area (Å²) in [6.07, 6.45) is 2.09. The minimum absolute atomic E-state index is 0.193. The number of carbonyl (C=O) groups excluding carboxylic acids is 2. The van der Waals surface area contributed by atoms with Gasteiger partial charge in [0.05, 0.1) is 50.4 Å². The van der Waals surface area contributed by atoms with Gasteiger partial charge in [-0.1, -0.05) is 18.2 Å². The Morgan fingerprint density at radius 2 is 1.65 bits per heavy atom. The molecule has 1 atom stereocenters. The zero-order chi connectivity index (χ0) is 25.3. The number of rotatable bonds is 11. The molecule has 0 heterocycles. The Hall–Kier alpha value is -4.08. The highest BCUT2D eigenvalue weighted by atomic mass is 16.6. The molecule has 0 aromatic heterocycles. The maximum absolute atomic E-state index is 12.7. The highest BCUT2D eigenvalue weighted by molar-refractivity contribution is 5.93. The van der Waals surface area contributed by atoms with Crippen LogP contribution in [0.5, 0.6) is 17.2 Å². The second-order valence-electron chi connectivity index (χ2n) is 7.40. The third kappa shape index (κ3) is 6.96. The summed E-state index contributed by atoms with van der Waals surface area (Å²) in [6, 6.07) is 8.20. The minimum atomic E-state index is -0.975. The summed E-state index contributed by atoms with van der Waals surface area (Å²) in [5.74, 6) is 0.178. The second kappa shape index (κ2) is 12.2. The lowest BCUT2D eigenvalue weighted by Gasteiger charge is -2.18. The van der Waals surface area contributed by atoms with Crippen LogP contribution in [0.25, 0.3) is 6.08 Å². The summed E-state index contributed by atoms with van der Waals surface area (Å²) in [6.45, 7) is 3.38. The van der Waals surface area contributed by atoms with Gasteiger partial charge in [0, 0.05) is 23.8 Å². The van der Waals surface area contributed by atoms with Crippen LogP contribution in [0.1, 0.15) is 37.4 Å². The molecule has 0 spiro atoms. The molecule has 0 aliphatic carbocycles. The molecule has 0 saturated heterocycles. The number of para-hydroxylation sites is 1. The average Bonchev–Trinajstić information content (AvgIpc) is 2.81. The van der Waals surface area contributed by atoms with Crippen LogP contribution >= 0.6 is 0 Å². The zero-order valence-electron chi connectivity index (χ0n) is 19.7. The van der Waals surface area contributed by atoms with Crippen LogP contribution in [0.2, 0.25) is 0 Å². The summed E-state index contributed by atoms with van der Waals surface area (Å²) in [7, 11) is 4.45. The normalized spacial score (nSPS) is 11.7. The van der Waals surface area contributed by atoms with E-state index in [2.05, 4.69) is 5.32 Å². The first-order chi connectivity index (χ1) is 16.2. The molecule has 0 fully saturated rings. The molecule has 0 saturated carbocycles. The van der Waals surface area contributed by atoms with E-state index in [-0.39, 0.29) is 23.8 Å². The number of amides is 1. The average molecular weight is 472 g/mol. The first-order valence-corrected chi connectivity index (χ1v) is 10.4. The lowest BCUT2D eigenvalue weighted by atomic mass is 10.0. The highest BCUT2D eigenvalue weighted by Crippen LogP contribution is 2.35. The molecule has 0 aliphatic heterocycles. The van der Waals surface area contributed by atoms with E-state index in [9.17, 15) is 19.7 Å². The van der Waals surface area contributed by atoms with Crippen molar-refractivity contribution in [3.05, 3.63) is 63.7 Å². The van der Waals surface area contributed by atoms with Crippen molar-refractivity contribution < 1.29 is 33.5 Å². The molecule has 2 aromatic rings. The number of ether oxygens (including phenoxy) is 4. The molecule has 10 heteroatoms. The second-order valence-corrected chi connectivity index (χ2v) is 7.40. The summed E-state index contributed by atoms with van der Waals surface area (Å²) >= 11 is 0. The van der Waals surface area contributed by atoms with Crippen molar-refractivity contribution in [3.63, 3.8) is 0 Å². The Morgan fingerprint density at radius 1 is 1.03 bits per heavy atom. The number of nitro groups is 1. The van der Waals surface area contributed by atoms with E-state index < -0.39 is 22.8 Å². The highest BCUT2D eigenvalue weighted by Gasteiger charge is 2.26. The van der Waals surface area contributed by atoms with Crippen LogP contribution in [-0.2, 0) is 14.3 Å².